The number of hydrogen-bond donors (Lipinski definition) is 2. The molecule has 8 nitrogen and oxygen atoms in total. The van der Waals surface area contributed by atoms with Gasteiger partial charge < -0.3 is 5.32 Å². The first-order valence-corrected chi connectivity index (χ1v) is 14.1. The number of nitrogens with two attached hydrogens (primary N) is 1. The van der Waals surface area contributed by atoms with Crippen molar-refractivity contribution in [3.05, 3.63) is 81.0 Å². The van der Waals surface area contributed by atoms with Gasteiger partial charge in [-0.1, -0.05) is 30.0 Å². The van der Waals surface area contributed by atoms with Gasteiger partial charge in [-0.15, -0.1) is 11.3 Å². The van der Waals surface area contributed by atoms with Crippen LogP contribution in [-0.2, 0) is 21.2 Å². The number of primary sulfonamides is 1. The summed E-state index contributed by atoms with van der Waals surface area (Å²) in [5.41, 5.74) is 4.24. The van der Waals surface area contributed by atoms with Gasteiger partial charge in [0.2, 0.25) is 15.9 Å². The van der Waals surface area contributed by atoms with E-state index in [1.54, 1.807) is 22.8 Å². The van der Waals surface area contributed by atoms with Crippen LogP contribution in [0.4, 0.5) is 0 Å². The number of fused-ring (bicyclic) bond motifs is 1. The molecule has 1 amide bonds. The Morgan fingerprint density at radius 3 is 2.54 bits per heavy atom. The number of nitrogens with zero attached hydrogens (tertiary/aromatic N) is 2. The summed E-state index contributed by atoms with van der Waals surface area (Å²) in [5, 5.41) is 10.3. The largest absolute Gasteiger partial charge is 0.355 e. The molecule has 0 bridgehead atoms. The van der Waals surface area contributed by atoms with E-state index in [-0.39, 0.29) is 22.1 Å². The van der Waals surface area contributed by atoms with Gasteiger partial charge in [0.05, 0.1) is 21.9 Å². The molecule has 0 saturated heterocycles. The van der Waals surface area contributed by atoms with Crippen molar-refractivity contribution in [3.8, 4) is 5.69 Å². The Labute approximate surface area is 211 Å². The molecule has 0 spiro atoms. The molecular formula is C24H24N4O4S3. The second-order valence-electron chi connectivity index (χ2n) is 8.02. The van der Waals surface area contributed by atoms with E-state index in [2.05, 4.69) is 10.3 Å². The summed E-state index contributed by atoms with van der Waals surface area (Å²) in [6.45, 7) is 4.38. The van der Waals surface area contributed by atoms with E-state index in [1.165, 1.54) is 35.2 Å². The number of hydrogen-bond acceptors (Lipinski definition) is 7. The zero-order valence-corrected chi connectivity index (χ0v) is 21.6. The van der Waals surface area contributed by atoms with E-state index in [0.29, 0.717) is 34.0 Å². The number of nitrogens with one attached hydrogen (secondary N) is 1. The highest BCUT2D eigenvalue weighted by molar-refractivity contribution is 7.99. The predicted octanol–water partition coefficient (Wildman–Crippen LogP) is 3.16. The number of thioether (sulfide) groups is 1. The van der Waals surface area contributed by atoms with E-state index >= 15 is 0 Å². The molecule has 0 fully saturated rings. The molecule has 11 heteroatoms. The lowest BCUT2D eigenvalue weighted by Gasteiger charge is -2.13. The van der Waals surface area contributed by atoms with E-state index < -0.39 is 10.0 Å². The molecular weight excluding hydrogens is 504 g/mol. The van der Waals surface area contributed by atoms with Gasteiger partial charge in [-0.25, -0.2) is 18.5 Å². The lowest BCUT2D eigenvalue weighted by Crippen LogP contribution is -2.28. The summed E-state index contributed by atoms with van der Waals surface area (Å²) in [6, 6.07) is 13.8. The summed E-state index contributed by atoms with van der Waals surface area (Å²) < 4.78 is 24.8. The van der Waals surface area contributed by atoms with Crippen molar-refractivity contribution in [1.82, 2.24) is 14.9 Å². The number of carbonyl (C=O) groups excluding carboxylic acids is 1. The monoisotopic (exact) mass is 528 g/mol. The van der Waals surface area contributed by atoms with Gasteiger partial charge in [0.25, 0.3) is 5.56 Å². The smallest absolute Gasteiger partial charge is 0.276 e. The Morgan fingerprint density at radius 2 is 1.86 bits per heavy atom. The van der Waals surface area contributed by atoms with Crippen molar-refractivity contribution in [2.45, 2.75) is 30.3 Å². The van der Waals surface area contributed by atoms with Crippen molar-refractivity contribution in [1.29, 1.82) is 0 Å². The van der Waals surface area contributed by atoms with Crippen LogP contribution in [0.15, 0.2) is 68.8 Å². The van der Waals surface area contributed by atoms with Crippen LogP contribution in [0.25, 0.3) is 15.9 Å². The Kier molecular flexibility index (Phi) is 7.41. The Morgan fingerprint density at radius 1 is 1.11 bits per heavy atom. The zero-order chi connectivity index (χ0) is 25.2. The van der Waals surface area contributed by atoms with Gasteiger partial charge >= 0.3 is 0 Å². The molecule has 0 radical (unpaired) electrons. The SMILES string of the molecule is Cc1ccc(-n2c(SCC(=O)NCCc3ccc(S(N)(=O)=O)cc3)nc3ccsc3c2=O)cc1C. The third kappa shape index (κ3) is 5.81. The van der Waals surface area contributed by atoms with Gasteiger partial charge in [0.1, 0.15) is 4.70 Å². The second-order valence-corrected chi connectivity index (χ2v) is 11.4. The number of thiophene rings is 1. The minimum Gasteiger partial charge on any atom is -0.355 e. The minimum absolute atomic E-state index is 0.0478. The van der Waals surface area contributed by atoms with E-state index in [9.17, 15) is 18.0 Å². The number of aryl methyl sites for hydroxylation is 2. The predicted molar refractivity (Wildman–Crippen MR) is 140 cm³/mol. The van der Waals surface area contributed by atoms with Crippen LogP contribution < -0.4 is 16.0 Å². The number of aromatic nitrogens is 2. The van der Waals surface area contributed by atoms with E-state index in [1.807, 2.05) is 37.4 Å². The fourth-order valence-corrected chi connectivity index (χ4v) is 5.57. The second kappa shape index (κ2) is 10.3. The Bertz CT molecular complexity index is 1560. The highest BCUT2D eigenvalue weighted by atomic mass is 32.2. The van der Waals surface area contributed by atoms with Gasteiger partial charge in [0.15, 0.2) is 5.16 Å². The summed E-state index contributed by atoms with van der Waals surface area (Å²) in [6.07, 6.45) is 0.535. The first-order chi connectivity index (χ1) is 16.6. The fourth-order valence-electron chi connectivity index (χ4n) is 3.45. The Balaban J connectivity index is 1.45. The molecule has 0 aliphatic carbocycles. The van der Waals surface area contributed by atoms with Crippen molar-refractivity contribution < 1.29 is 13.2 Å². The van der Waals surface area contributed by atoms with Gasteiger partial charge in [-0.2, -0.15) is 0 Å². The van der Waals surface area contributed by atoms with Crippen LogP contribution in [0.3, 0.4) is 0 Å². The zero-order valence-electron chi connectivity index (χ0n) is 19.1. The summed E-state index contributed by atoms with van der Waals surface area (Å²) in [4.78, 5) is 30.4. The van der Waals surface area contributed by atoms with Gasteiger partial charge in [0, 0.05) is 6.54 Å². The van der Waals surface area contributed by atoms with Crippen LogP contribution in [-0.4, -0.2) is 36.2 Å². The van der Waals surface area contributed by atoms with Crippen LogP contribution in [0.2, 0.25) is 0 Å². The van der Waals surface area contributed by atoms with Crippen LogP contribution in [0, 0.1) is 13.8 Å². The minimum atomic E-state index is -3.73. The molecule has 4 aromatic rings. The normalized spacial score (nSPS) is 11.6. The third-order valence-corrected chi connectivity index (χ3v) is 8.28. The molecule has 0 unspecified atom stereocenters. The fraction of sp³-hybridized carbons (Fsp3) is 0.208. The average molecular weight is 529 g/mol. The number of carbonyl (C=O) groups is 1. The third-order valence-electron chi connectivity index (χ3n) is 5.52. The number of amides is 1. The van der Waals surface area contributed by atoms with E-state index in [4.69, 9.17) is 5.14 Å². The van der Waals surface area contributed by atoms with Crippen LogP contribution in [0.1, 0.15) is 16.7 Å². The molecule has 2 aromatic carbocycles. The summed E-state index contributed by atoms with van der Waals surface area (Å²) in [7, 11) is -3.73. The molecule has 2 heterocycles. The summed E-state index contributed by atoms with van der Waals surface area (Å²) >= 11 is 2.56. The first-order valence-electron chi connectivity index (χ1n) is 10.7. The maximum atomic E-state index is 13.2. The summed E-state index contributed by atoms with van der Waals surface area (Å²) in [5.74, 6) is -0.0976. The average Bonchev–Trinajstić information content (AvgIpc) is 3.29. The van der Waals surface area contributed by atoms with Crippen molar-refractivity contribution in [2.75, 3.05) is 12.3 Å². The molecule has 0 aliphatic rings. The highest BCUT2D eigenvalue weighted by Crippen LogP contribution is 2.24. The van der Waals surface area contributed by atoms with Crippen LogP contribution >= 0.6 is 23.1 Å². The maximum Gasteiger partial charge on any atom is 0.276 e. The quantitative estimate of drug-likeness (QED) is 0.267. The number of rotatable bonds is 8. The molecule has 0 aliphatic heterocycles. The standard InChI is InChI=1S/C24H24N4O4S3/c1-15-3-6-18(13-16(15)2)28-23(30)22-20(10-12-33-22)27-24(28)34-14-21(29)26-11-9-17-4-7-19(8-5-17)35(25,31)32/h3-8,10,12-13H,9,11,14H2,1-2H3,(H,26,29)(H2,25,31,32). The van der Waals surface area contributed by atoms with Crippen LogP contribution in [0.5, 0.6) is 0 Å². The highest BCUT2D eigenvalue weighted by Gasteiger charge is 2.16. The molecule has 35 heavy (non-hydrogen) atoms. The lowest BCUT2D eigenvalue weighted by atomic mass is 10.1. The topological polar surface area (TPSA) is 124 Å². The Hall–Kier alpha value is -2.99. The molecule has 4 rings (SSSR count). The van der Waals surface area contributed by atoms with E-state index in [0.717, 1.165) is 16.7 Å². The molecule has 3 N–H and O–H groups in total. The van der Waals surface area contributed by atoms with Crippen molar-refractivity contribution in [2.24, 2.45) is 5.14 Å². The molecule has 182 valence electrons. The number of benzene rings is 2. The number of sulfonamides is 1. The first kappa shape index (κ1) is 25.1. The maximum absolute atomic E-state index is 13.2. The van der Waals surface area contributed by atoms with Crippen molar-refractivity contribution >= 4 is 49.2 Å². The van der Waals surface area contributed by atoms with Crippen molar-refractivity contribution in [3.63, 3.8) is 0 Å². The van der Waals surface area contributed by atoms with Gasteiger partial charge in [-0.05, 0) is 72.7 Å². The molecule has 2 aromatic heterocycles. The van der Waals surface area contributed by atoms with Gasteiger partial charge in [-0.3, -0.25) is 14.2 Å². The lowest BCUT2D eigenvalue weighted by molar-refractivity contribution is -0.118. The molecule has 0 saturated carbocycles. The molecule has 0 atom stereocenters.